The number of rotatable bonds is 5. The Kier molecular flexibility index (Phi) is 5.31. The summed E-state index contributed by atoms with van der Waals surface area (Å²) in [4.78, 5) is 15.1. The van der Waals surface area contributed by atoms with Crippen molar-refractivity contribution in [2.45, 2.75) is 19.6 Å². The third-order valence-corrected chi connectivity index (χ3v) is 4.95. The number of hydrogen-bond acceptors (Lipinski definition) is 3. The molecule has 28 heavy (non-hydrogen) atoms. The van der Waals surface area contributed by atoms with E-state index in [1.807, 2.05) is 73.7 Å². The Balaban J connectivity index is 1.69. The van der Waals surface area contributed by atoms with Gasteiger partial charge in [0.05, 0.1) is 12.3 Å². The van der Waals surface area contributed by atoms with Crippen LogP contribution in [0.3, 0.4) is 0 Å². The molecule has 3 aromatic carbocycles. The molecule has 1 aliphatic heterocycles. The summed E-state index contributed by atoms with van der Waals surface area (Å²) in [7, 11) is 0. The van der Waals surface area contributed by atoms with Crippen LogP contribution < -0.4 is 0 Å². The lowest BCUT2D eigenvalue weighted by atomic mass is 10.1. The molecule has 1 amide bonds. The van der Waals surface area contributed by atoms with Crippen molar-refractivity contribution in [3.63, 3.8) is 0 Å². The molecule has 1 fully saturated rings. The minimum Gasteiger partial charge on any atom is -0.271 e. The second-order valence-corrected chi connectivity index (χ2v) is 6.96. The van der Waals surface area contributed by atoms with Gasteiger partial charge in [0.1, 0.15) is 6.17 Å². The highest BCUT2D eigenvalue weighted by atomic mass is 16.2. The van der Waals surface area contributed by atoms with E-state index in [0.717, 1.165) is 16.8 Å². The van der Waals surface area contributed by atoms with Crippen LogP contribution in [0.5, 0.6) is 0 Å². The van der Waals surface area contributed by atoms with E-state index in [9.17, 15) is 4.79 Å². The second kappa shape index (κ2) is 8.19. The molecule has 0 unspecified atom stereocenters. The first-order valence-electron chi connectivity index (χ1n) is 9.48. The van der Waals surface area contributed by atoms with Crippen molar-refractivity contribution in [3.05, 3.63) is 108 Å². The monoisotopic (exact) mass is 369 g/mol. The molecule has 0 bridgehead atoms. The Morgan fingerprint density at radius 1 is 0.893 bits per heavy atom. The maximum absolute atomic E-state index is 12.9. The van der Waals surface area contributed by atoms with E-state index >= 15 is 0 Å². The molecule has 0 saturated carbocycles. The fraction of sp³-hybridized carbons (Fsp3) is 0.167. The van der Waals surface area contributed by atoms with Gasteiger partial charge < -0.3 is 0 Å². The van der Waals surface area contributed by atoms with Gasteiger partial charge in [-0.25, -0.2) is 5.01 Å². The summed E-state index contributed by atoms with van der Waals surface area (Å²) in [6.45, 7) is 2.99. The summed E-state index contributed by atoms with van der Waals surface area (Å²) in [6.07, 6.45) is -0.215. The van der Waals surface area contributed by atoms with Gasteiger partial charge in [-0.1, -0.05) is 91.0 Å². The number of nitrogens with zero attached hydrogens (tertiary/aromatic N) is 3. The molecule has 3 aromatic rings. The zero-order chi connectivity index (χ0) is 19.3. The van der Waals surface area contributed by atoms with Crippen LogP contribution in [0.4, 0.5) is 0 Å². The van der Waals surface area contributed by atoms with Crippen molar-refractivity contribution in [2.75, 3.05) is 6.54 Å². The molecule has 1 aliphatic rings. The van der Waals surface area contributed by atoms with Crippen LogP contribution in [0, 0.1) is 0 Å². The number of amides is 1. The van der Waals surface area contributed by atoms with Gasteiger partial charge in [-0.2, -0.15) is 5.10 Å². The minimum atomic E-state index is -0.215. The predicted molar refractivity (Wildman–Crippen MR) is 112 cm³/mol. The molecule has 4 nitrogen and oxygen atoms in total. The van der Waals surface area contributed by atoms with Gasteiger partial charge in [-0.05, 0) is 23.6 Å². The van der Waals surface area contributed by atoms with Crippen LogP contribution in [0.2, 0.25) is 0 Å². The Morgan fingerprint density at radius 3 is 2.11 bits per heavy atom. The van der Waals surface area contributed by atoms with Crippen molar-refractivity contribution in [2.24, 2.45) is 5.10 Å². The fourth-order valence-electron chi connectivity index (χ4n) is 3.57. The van der Waals surface area contributed by atoms with Gasteiger partial charge in [-0.3, -0.25) is 9.69 Å². The number of hydrogen-bond donors (Lipinski definition) is 0. The molecule has 4 heteroatoms. The molecule has 0 N–H and O–H groups in total. The van der Waals surface area contributed by atoms with E-state index in [4.69, 9.17) is 5.10 Å². The highest BCUT2D eigenvalue weighted by Crippen LogP contribution is 2.32. The zero-order valence-electron chi connectivity index (χ0n) is 15.9. The molecule has 0 aliphatic carbocycles. The smallest absolute Gasteiger partial charge is 0.258 e. The maximum Gasteiger partial charge on any atom is 0.258 e. The minimum absolute atomic E-state index is 0.0139. The Morgan fingerprint density at radius 2 is 1.46 bits per heavy atom. The van der Waals surface area contributed by atoms with Gasteiger partial charge in [0.15, 0.2) is 0 Å². The maximum atomic E-state index is 12.9. The van der Waals surface area contributed by atoms with Crippen molar-refractivity contribution in [1.82, 2.24) is 9.91 Å². The van der Waals surface area contributed by atoms with Crippen molar-refractivity contribution in [1.29, 1.82) is 0 Å². The number of carbonyl (C=O) groups excluding carboxylic acids is 1. The Labute approximate surface area is 165 Å². The Hall–Kier alpha value is -3.24. The third-order valence-electron chi connectivity index (χ3n) is 4.95. The molecular weight excluding hydrogens is 346 g/mol. The topological polar surface area (TPSA) is 35.9 Å². The summed E-state index contributed by atoms with van der Waals surface area (Å²) >= 11 is 0. The standard InChI is InChI=1S/C24H23N3O/c1-19(21-13-7-3-8-14-21)25-27-23(28)18-26(17-20-11-5-2-6-12-20)24(27)22-15-9-4-10-16-22/h2-16,24H,17-18H2,1H3/b25-19-/t24-/m0/s1. The van der Waals surface area contributed by atoms with Gasteiger partial charge in [0, 0.05) is 6.54 Å². The van der Waals surface area contributed by atoms with Gasteiger partial charge in [0.2, 0.25) is 0 Å². The molecule has 1 atom stereocenters. The lowest BCUT2D eigenvalue weighted by Gasteiger charge is -2.28. The van der Waals surface area contributed by atoms with Crippen molar-refractivity contribution >= 4 is 11.6 Å². The van der Waals surface area contributed by atoms with E-state index in [2.05, 4.69) is 29.2 Å². The molecule has 0 spiro atoms. The van der Waals surface area contributed by atoms with E-state index in [1.165, 1.54) is 5.56 Å². The SMILES string of the molecule is C/C(=N/N1C(=O)CN(Cc2ccccc2)[C@@H]1c1ccccc1)c1ccccc1. The lowest BCUT2D eigenvalue weighted by Crippen LogP contribution is -2.29. The van der Waals surface area contributed by atoms with Crippen LogP contribution in [0.25, 0.3) is 0 Å². The number of carbonyl (C=O) groups is 1. The normalized spacial score (nSPS) is 17.9. The van der Waals surface area contributed by atoms with Crippen LogP contribution >= 0.6 is 0 Å². The molecular formula is C24H23N3O. The van der Waals surface area contributed by atoms with Crippen molar-refractivity contribution < 1.29 is 4.79 Å². The first-order chi connectivity index (χ1) is 13.7. The lowest BCUT2D eigenvalue weighted by molar-refractivity contribution is -0.128. The molecule has 4 rings (SSSR count). The second-order valence-electron chi connectivity index (χ2n) is 6.96. The van der Waals surface area contributed by atoms with Crippen LogP contribution in [0.1, 0.15) is 29.8 Å². The molecule has 1 heterocycles. The highest BCUT2D eigenvalue weighted by Gasteiger charge is 2.39. The van der Waals surface area contributed by atoms with Crippen molar-refractivity contribution in [3.8, 4) is 0 Å². The molecule has 1 saturated heterocycles. The molecule has 0 aromatic heterocycles. The fourth-order valence-corrected chi connectivity index (χ4v) is 3.57. The van der Waals surface area contributed by atoms with Crippen LogP contribution in [-0.4, -0.2) is 28.1 Å². The average molecular weight is 369 g/mol. The summed E-state index contributed by atoms with van der Waals surface area (Å²) in [5.41, 5.74) is 4.09. The van der Waals surface area contributed by atoms with E-state index in [1.54, 1.807) is 5.01 Å². The van der Waals surface area contributed by atoms with E-state index < -0.39 is 0 Å². The quantitative estimate of drug-likeness (QED) is 0.623. The predicted octanol–water partition coefficient (Wildman–Crippen LogP) is 4.45. The first kappa shape index (κ1) is 18.1. The van der Waals surface area contributed by atoms with E-state index in [-0.39, 0.29) is 12.1 Å². The third kappa shape index (κ3) is 3.87. The molecule has 0 radical (unpaired) electrons. The van der Waals surface area contributed by atoms with Crippen LogP contribution in [-0.2, 0) is 11.3 Å². The summed E-state index contributed by atoms with van der Waals surface area (Å²) in [5, 5.41) is 6.38. The average Bonchev–Trinajstić information content (AvgIpc) is 3.04. The first-order valence-corrected chi connectivity index (χ1v) is 9.48. The Bertz CT molecular complexity index is 955. The van der Waals surface area contributed by atoms with Gasteiger partial charge in [-0.15, -0.1) is 0 Å². The zero-order valence-corrected chi connectivity index (χ0v) is 15.9. The number of hydrazone groups is 1. The molecule has 140 valence electrons. The van der Waals surface area contributed by atoms with Gasteiger partial charge in [0.25, 0.3) is 5.91 Å². The summed E-state index contributed by atoms with van der Waals surface area (Å²) in [5.74, 6) is 0.0139. The highest BCUT2D eigenvalue weighted by molar-refractivity contribution is 5.99. The number of benzene rings is 3. The van der Waals surface area contributed by atoms with E-state index in [0.29, 0.717) is 13.1 Å². The van der Waals surface area contributed by atoms with Gasteiger partial charge >= 0.3 is 0 Å². The largest absolute Gasteiger partial charge is 0.271 e. The summed E-state index contributed by atoms with van der Waals surface area (Å²) in [6, 6.07) is 30.3. The summed E-state index contributed by atoms with van der Waals surface area (Å²) < 4.78 is 0. The van der Waals surface area contributed by atoms with Crippen LogP contribution in [0.15, 0.2) is 96.1 Å².